The van der Waals surface area contributed by atoms with E-state index in [9.17, 15) is 0 Å². The van der Waals surface area contributed by atoms with Gasteiger partial charge in [-0.25, -0.2) is 9.97 Å². The molecule has 2 heterocycles. The van der Waals surface area contributed by atoms with E-state index < -0.39 is 0 Å². The summed E-state index contributed by atoms with van der Waals surface area (Å²) >= 11 is 1.80. The van der Waals surface area contributed by atoms with Gasteiger partial charge in [0.1, 0.15) is 10.8 Å². The van der Waals surface area contributed by atoms with Gasteiger partial charge in [-0.3, -0.25) is 0 Å². The van der Waals surface area contributed by atoms with E-state index in [0.717, 1.165) is 35.0 Å². The van der Waals surface area contributed by atoms with Gasteiger partial charge < -0.3 is 5.32 Å². The summed E-state index contributed by atoms with van der Waals surface area (Å²) in [4.78, 5) is 10.9. The topological polar surface area (TPSA) is 37.8 Å². The number of benzene rings is 2. The van der Waals surface area contributed by atoms with Gasteiger partial charge in [0.25, 0.3) is 0 Å². The third kappa shape index (κ3) is 4.60. The second kappa shape index (κ2) is 9.23. The summed E-state index contributed by atoms with van der Waals surface area (Å²) in [5, 5.41) is 4.48. The highest BCUT2D eigenvalue weighted by Gasteiger charge is 2.18. The van der Waals surface area contributed by atoms with Gasteiger partial charge in [-0.2, -0.15) is 0 Å². The largest absolute Gasteiger partial charge is 0.366 e. The Morgan fingerprint density at radius 3 is 2.57 bits per heavy atom. The minimum atomic E-state index is 0.476. The number of rotatable bonds is 7. The third-order valence-corrected chi connectivity index (χ3v) is 6.66. The lowest BCUT2D eigenvalue weighted by atomic mass is 10.0. The SMILES string of the molecule is CCC(C)c1sc(-c2ccnc(NCc3ccccc3)c2)nc1-c1cccc(C)c1. The van der Waals surface area contributed by atoms with Gasteiger partial charge in [0, 0.05) is 28.7 Å². The molecule has 0 aliphatic rings. The van der Waals surface area contributed by atoms with Crippen molar-refractivity contribution in [3.63, 3.8) is 0 Å². The van der Waals surface area contributed by atoms with Crippen LogP contribution >= 0.6 is 11.3 Å². The molecule has 4 rings (SSSR count). The van der Waals surface area contributed by atoms with Crippen molar-refractivity contribution < 1.29 is 0 Å². The molecule has 1 N–H and O–H groups in total. The molecule has 3 nitrogen and oxygen atoms in total. The maximum Gasteiger partial charge on any atom is 0.126 e. The molecule has 0 aliphatic heterocycles. The molecule has 4 aromatic rings. The normalized spacial score (nSPS) is 12.0. The van der Waals surface area contributed by atoms with Crippen LogP contribution in [0, 0.1) is 6.92 Å². The molecule has 0 amide bonds. The van der Waals surface area contributed by atoms with Crippen LogP contribution in [0.15, 0.2) is 72.9 Å². The molecule has 2 aromatic heterocycles. The molecule has 152 valence electrons. The fourth-order valence-corrected chi connectivity index (χ4v) is 4.64. The Balaban J connectivity index is 1.65. The van der Waals surface area contributed by atoms with Gasteiger partial charge in [-0.1, -0.05) is 67.9 Å². The smallest absolute Gasteiger partial charge is 0.126 e. The van der Waals surface area contributed by atoms with Crippen molar-refractivity contribution in [3.8, 4) is 21.8 Å². The average molecular weight is 414 g/mol. The fourth-order valence-electron chi connectivity index (χ4n) is 3.42. The summed E-state index contributed by atoms with van der Waals surface area (Å²) in [6.07, 6.45) is 2.96. The van der Waals surface area contributed by atoms with Gasteiger partial charge >= 0.3 is 0 Å². The van der Waals surface area contributed by atoms with E-state index in [2.05, 4.69) is 85.7 Å². The standard InChI is InChI=1S/C26H27N3S/c1-4-19(3)25-24(21-12-8-9-18(2)15-21)29-26(30-25)22-13-14-27-23(16-22)28-17-20-10-6-5-7-11-20/h5-16,19H,4,17H2,1-3H3,(H,27,28). The van der Waals surface area contributed by atoms with Crippen LogP contribution in [0.3, 0.4) is 0 Å². The highest BCUT2D eigenvalue weighted by Crippen LogP contribution is 2.39. The number of hydrogen-bond acceptors (Lipinski definition) is 4. The van der Waals surface area contributed by atoms with E-state index in [0.29, 0.717) is 5.92 Å². The van der Waals surface area contributed by atoms with E-state index >= 15 is 0 Å². The first kappa shape index (κ1) is 20.3. The Morgan fingerprint density at radius 2 is 1.80 bits per heavy atom. The zero-order chi connectivity index (χ0) is 20.9. The van der Waals surface area contributed by atoms with Crippen molar-refractivity contribution in [1.29, 1.82) is 0 Å². The first-order valence-corrected chi connectivity index (χ1v) is 11.3. The van der Waals surface area contributed by atoms with Gasteiger partial charge in [0.05, 0.1) is 5.69 Å². The van der Waals surface area contributed by atoms with E-state index in [-0.39, 0.29) is 0 Å². The van der Waals surface area contributed by atoms with Crippen LogP contribution in [0.2, 0.25) is 0 Å². The number of thiazole rings is 1. The Bertz CT molecular complexity index is 1120. The molecule has 2 aromatic carbocycles. The molecule has 1 atom stereocenters. The summed E-state index contributed by atoms with van der Waals surface area (Å²) in [5.41, 5.74) is 5.91. The highest BCUT2D eigenvalue weighted by atomic mass is 32.1. The quantitative estimate of drug-likeness (QED) is 0.345. The zero-order valence-corrected chi connectivity index (χ0v) is 18.5. The van der Waals surface area contributed by atoms with Crippen LogP contribution in [0.1, 0.15) is 42.2 Å². The number of hydrogen-bond donors (Lipinski definition) is 1. The molecule has 0 saturated carbocycles. The predicted octanol–water partition coefficient (Wildman–Crippen LogP) is 7.31. The van der Waals surface area contributed by atoms with Gasteiger partial charge in [-0.05, 0) is 43.0 Å². The third-order valence-electron chi connectivity index (χ3n) is 5.33. The summed E-state index contributed by atoms with van der Waals surface area (Å²) in [7, 11) is 0. The van der Waals surface area contributed by atoms with Crippen molar-refractivity contribution in [1.82, 2.24) is 9.97 Å². The van der Waals surface area contributed by atoms with Gasteiger partial charge in [-0.15, -0.1) is 11.3 Å². The summed E-state index contributed by atoms with van der Waals surface area (Å²) < 4.78 is 0. The summed E-state index contributed by atoms with van der Waals surface area (Å²) in [6, 6.07) is 23.2. The summed E-state index contributed by atoms with van der Waals surface area (Å²) in [5.74, 6) is 1.35. The molecule has 0 saturated heterocycles. The number of aromatic nitrogens is 2. The Hall–Kier alpha value is -2.98. The Kier molecular flexibility index (Phi) is 6.24. The first-order valence-electron chi connectivity index (χ1n) is 10.5. The van der Waals surface area contributed by atoms with Gasteiger partial charge in [0.15, 0.2) is 0 Å². The van der Waals surface area contributed by atoms with E-state index in [1.54, 1.807) is 11.3 Å². The molecule has 0 fully saturated rings. The highest BCUT2D eigenvalue weighted by molar-refractivity contribution is 7.15. The zero-order valence-electron chi connectivity index (χ0n) is 17.7. The number of anilines is 1. The lowest BCUT2D eigenvalue weighted by Crippen LogP contribution is -2.00. The number of aryl methyl sites for hydroxylation is 1. The van der Waals surface area contributed by atoms with E-state index in [1.807, 2.05) is 18.3 Å². The van der Waals surface area contributed by atoms with E-state index in [4.69, 9.17) is 4.98 Å². The number of pyridine rings is 1. The molecular weight excluding hydrogens is 386 g/mol. The Morgan fingerprint density at radius 1 is 0.967 bits per heavy atom. The average Bonchev–Trinajstić information content (AvgIpc) is 3.24. The van der Waals surface area contributed by atoms with Crippen LogP contribution in [0.4, 0.5) is 5.82 Å². The summed E-state index contributed by atoms with van der Waals surface area (Å²) in [6.45, 7) is 7.41. The van der Waals surface area contributed by atoms with Crippen molar-refractivity contribution in [2.45, 2.75) is 39.7 Å². The number of nitrogens with one attached hydrogen (secondary N) is 1. The maximum atomic E-state index is 5.08. The second-order valence-corrected chi connectivity index (χ2v) is 8.71. The molecule has 4 heteroatoms. The minimum Gasteiger partial charge on any atom is -0.366 e. The van der Waals surface area contributed by atoms with Crippen molar-refractivity contribution >= 4 is 17.2 Å². The first-order chi connectivity index (χ1) is 14.6. The van der Waals surface area contributed by atoms with Crippen LogP contribution in [0.25, 0.3) is 21.8 Å². The minimum absolute atomic E-state index is 0.476. The monoisotopic (exact) mass is 413 g/mol. The fraction of sp³-hybridized carbons (Fsp3) is 0.231. The maximum absolute atomic E-state index is 5.08. The van der Waals surface area contributed by atoms with Crippen LogP contribution in [-0.2, 0) is 6.54 Å². The van der Waals surface area contributed by atoms with Crippen molar-refractivity contribution in [2.24, 2.45) is 0 Å². The molecule has 30 heavy (non-hydrogen) atoms. The Labute approximate surface area is 182 Å². The molecular formula is C26H27N3S. The molecule has 0 aliphatic carbocycles. The lowest BCUT2D eigenvalue weighted by Gasteiger charge is -2.08. The van der Waals surface area contributed by atoms with Crippen LogP contribution in [-0.4, -0.2) is 9.97 Å². The molecule has 1 unspecified atom stereocenters. The molecule has 0 radical (unpaired) electrons. The second-order valence-electron chi connectivity index (χ2n) is 7.68. The molecule has 0 bridgehead atoms. The van der Waals surface area contributed by atoms with Gasteiger partial charge in [0.2, 0.25) is 0 Å². The van der Waals surface area contributed by atoms with Crippen molar-refractivity contribution in [3.05, 3.63) is 88.9 Å². The van der Waals surface area contributed by atoms with Crippen LogP contribution in [0.5, 0.6) is 0 Å². The van der Waals surface area contributed by atoms with E-state index in [1.165, 1.54) is 21.6 Å². The number of nitrogens with zero attached hydrogens (tertiary/aromatic N) is 2. The molecule has 0 spiro atoms. The van der Waals surface area contributed by atoms with Crippen molar-refractivity contribution in [2.75, 3.05) is 5.32 Å². The lowest BCUT2D eigenvalue weighted by molar-refractivity contribution is 0.748. The van der Waals surface area contributed by atoms with Crippen LogP contribution < -0.4 is 5.32 Å². The predicted molar refractivity (Wildman–Crippen MR) is 128 cm³/mol.